The van der Waals surface area contributed by atoms with E-state index in [1.54, 1.807) is 0 Å². The smallest absolute Gasteiger partial charge is 0.0572 e. The second-order valence-electron chi connectivity index (χ2n) is 3.64. The highest BCUT2D eigenvalue weighted by Crippen LogP contribution is 2.17. The van der Waals surface area contributed by atoms with Crippen LogP contribution in [0.25, 0.3) is 0 Å². The number of piperazine rings is 1. The summed E-state index contributed by atoms with van der Waals surface area (Å²) in [6, 6.07) is 6.53. The molecule has 1 aromatic rings. The van der Waals surface area contributed by atoms with Crippen LogP contribution in [0.1, 0.15) is 18.7 Å². The van der Waals surface area contributed by atoms with E-state index >= 15 is 0 Å². The highest BCUT2D eigenvalue weighted by atomic mass is 15.2. The Hall–Kier alpha value is -0.930. The molecule has 1 aromatic heterocycles. The quantitative estimate of drug-likeness (QED) is 0.698. The molecule has 0 aromatic carbocycles. The van der Waals surface area contributed by atoms with E-state index in [0.29, 0.717) is 6.04 Å². The maximum atomic E-state index is 4.38. The summed E-state index contributed by atoms with van der Waals surface area (Å²) in [5, 5.41) is 4.34. The summed E-state index contributed by atoms with van der Waals surface area (Å²) in [6.07, 6.45) is 1.86. The summed E-state index contributed by atoms with van der Waals surface area (Å²) in [4.78, 5) is 6.82. The van der Waals surface area contributed by atoms with Gasteiger partial charge < -0.3 is 0 Å². The Kier molecular flexibility index (Phi) is 3.11. The van der Waals surface area contributed by atoms with Crippen molar-refractivity contribution in [2.24, 2.45) is 0 Å². The van der Waals surface area contributed by atoms with E-state index in [1.807, 2.05) is 18.3 Å². The molecule has 1 radical (unpaired) electrons. The number of rotatable bonds is 2. The summed E-state index contributed by atoms with van der Waals surface area (Å²) in [5.74, 6) is 0. The summed E-state index contributed by atoms with van der Waals surface area (Å²) >= 11 is 0. The van der Waals surface area contributed by atoms with Gasteiger partial charge >= 0.3 is 0 Å². The lowest BCUT2D eigenvalue weighted by atomic mass is 10.1. The van der Waals surface area contributed by atoms with E-state index in [0.717, 1.165) is 31.9 Å². The van der Waals surface area contributed by atoms with Gasteiger partial charge in [0.2, 0.25) is 0 Å². The van der Waals surface area contributed by atoms with E-state index in [2.05, 4.69) is 28.2 Å². The highest BCUT2D eigenvalue weighted by molar-refractivity contribution is 5.08. The minimum absolute atomic E-state index is 0.423. The number of nitrogens with zero attached hydrogens (tertiary/aromatic N) is 3. The zero-order valence-corrected chi connectivity index (χ0v) is 8.56. The lowest BCUT2D eigenvalue weighted by Crippen LogP contribution is -2.41. The molecule has 2 heterocycles. The van der Waals surface area contributed by atoms with Crippen LogP contribution in [0.15, 0.2) is 24.4 Å². The Morgan fingerprint density at radius 2 is 2.07 bits per heavy atom. The van der Waals surface area contributed by atoms with Crippen molar-refractivity contribution in [2.45, 2.75) is 13.0 Å². The normalized spacial score (nSPS) is 20.6. The molecule has 1 saturated heterocycles. The lowest BCUT2D eigenvalue weighted by Gasteiger charge is -2.31. The molecular formula is C11H16N3. The number of hydrogen-bond acceptors (Lipinski definition) is 2. The van der Waals surface area contributed by atoms with Crippen molar-refractivity contribution >= 4 is 0 Å². The van der Waals surface area contributed by atoms with Gasteiger partial charge in [-0.3, -0.25) is 9.88 Å². The third-order valence-corrected chi connectivity index (χ3v) is 2.75. The van der Waals surface area contributed by atoms with Gasteiger partial charge in [0.25, 0.3) is 0 Å². The molecule has 1 atom stereocenters. The van der Waals surface area contributed by atoms with Gasteiger partial charge in [-0.15, -0.1) is 0 Å². The van der Waals surface area contributed by atoms with Gasteiger partial charge in [-0.2, -0.15) is 0 Å². The van der Waals surface area contributed by atoms with Gasteiger partial charge in [-0.05, 0) is 19.1 Å². The largest absolute Gasteiger partial charge is 0.292 e. The van der Waals surface area contributed by atoms with Crippen molar-refractivity contribution in [3.63, 3.8) is 0 Å². The number of aromatic nitrogens is 1. The molecule has 0 N–H and O–H groups in total. The van der Waals surface area contributed by atoms with Crippen LogP contribution in [-0.2, 0) is 0 Å². The third-order valence-electron chi connectivity index (χ3n) is 2.75. The second kappa shape index (κ2) is 4.53. The molecule has 1 unspecified atom stereocenters. The first kappa shape index (κ1) is 9.62. The maximum absolute atomic E-state index is 4.38. The predicted molar refractivity (Wildman–Crippen MR) is 56.1 cm³/mol. The number of pyridine rings is 1. The second-order valence-corrected chi connectivity index (χ2v) is 3.64. The van der Waals surface area contributed by atoms with Crippen LogP contribution in [0.4, 0.5) is 0 Å². The van der Waals surface area contributed by atoms with E-state index < -0.39 is 0 Å². The van der Waals surface area contributed by atoms with Crippen molar-refractivity contribution in [3.8, 4) is 0 Å². The van der Waals surface area contributed by atoms with E-state index in [-0.39, 0.29) is 0 Å². The molecule has 2 rings (SSSR count). The van der Waals surface area contributed by atoms with Crippen molar-refractivity contribution in [1.82, 2.24) is 15.2 Å². The topological polar surface area (TPSA) is 30.2 Å². The van der Waals surface area contributed by atoms with Crippen LogP contribution in [0, 0.1) is 0 Å². The molecule has 0 saturated carbocycles. The van der Waals surface area contributed by atoms with Gasteiger partial charge in [0.05, 0.1) is 5.69 Å². The fourth-order valence-electron chi connectivity index (χ4n) is 1.82. The molecule has 3 heteroatoms. The SMILES string of the molecule is CC(c1ccccn1)N1CC[N]CC1. The van der Waals surface area contributed by atoms with Crippen LogP contribution in [0.5, 0.6) is 0 Å². The molecule has 1 fully saturated rings. The molecule has 0 amide bonds. The van der Waals surface area contributed by atoms with Gasteiger partial charge in [0.1, 0.15) is 0 Å². The first-order valence-corrected chi connectivity index (χ1v) is 5.16. The Labute approximate surface area is 85.1 Å². The van der Waals surface area contributed by atoms with Crippen LogP contribution in [-0.4, -0.2) is 36.1 Å². The fourth-order valence-corrected chi connectivity index (χ4v) is 1.82. The summed E-state index contributed by atoms with van der Waals surface area (Å²) in [7, 11) is 0. The highest BCUT2D eigenvalue weighted by Gasteiger charge is 2.18. The molecule has 0 bridgehead atoms. The number of hydrogen-bond donors (Lipinski definition) is 0. The molecule has 3 nitrogen and oxygen atoms in total. The van der Waals surface area contributed by atoms with Gasteiger partial charge in [-0.1, -0.05) is 6.07 Å². The monoisotopic (exact) mass is 190 g/mol. The molecule has 1 aliphatic heterocycles. The predicted octanol–water partition coefficient (Wildman–Crippen LogP) is 1.06. The Morgan fingerprint density at radius 3 is 2.71 bits per heavy atom. The first-order valence-electron chi connectivity index (χ1n) is 5.16. The minimum Gasteiger partial charge on any atom is -0.292 e. The first-order chi connectivity index (χ1) is 6.88. The van der Waals surface area contributed by atoms with Crippen molar-refractivity contribution in [1.29, 1.82) is 0 Å². The molecule has 0 aliphatic carbocycles. The van der Waals surface area contributed by atoms with Crippen molar-refractivity contribution in [2.75, 3.05) is 26.2 Å². The maximum Gasteiger partial charge on any atom is 0.0572 e. The van der Waals surface area contributed by atoms with E-state index in [4.69, 9.17) is 0 Å². The minimum atomic E-state index is 0.423. The zero-order valence-electron chi connectivity index (χ0n) is 8.56. The lowest BCUT2D eigenvalue weighted by molar-refractivity contribution is 0.180. The van der Waals surface area contributed by atoms with Crippen molar-refractivity contribution < 1.29 is 0 Å². The van der Waals surface area contributed by atoms with E-state index in [9.17, 15) is 0 Å². The van der Waals surface area contributed by atoms with Crippen molar-refractivity contribution in [3.05, 3.63) is 30.1 Å². The Balaban J connectivity index is 2.03. The summed E-state index contributed by atoms with van der Waals surface area (Å²) in [5.41, 5.74) is 1.16. The van der Waals surface area contributed by atoms with E-state index in [1.165, 1.54) is 0 Å². The fraction of sp³-hybridized carbons (Fsp3) is 0.545. The molecular weight excluding hydrogens is 174 g/mol. The molecule has 0 spiro atoms. The summed E-state index contributed by atoms with van der Waals surface area (Å²) in [6.45, 7) is 6.29. The molecule has 1 aliphatic rings. The van der Waals surface area contributed by atoms with Crippen LogP contribution in [0.3, 0.4) is 0 Å². The van der Waals surface area contributed by atoms with Crippen LogP contribution >= 0.6 is 0 Å². The molecule has 14 heavy (non-hydrogen) atoms. The van der Waals surface area contributed by atoms with Gasteiger partial charge in [0.15, 0.2) is 0 Å². The average molecular weight is 190 g/mol. The third kappa shape index (κ3) is 2.11. The Morgan fingerprint density at radius 1 is 1.29 bits per heavy atom. The van der Waals surface area contributed by atoms with Gasteiger partial charge in [0, 0.05) is 38.4 Å². The average Bonchev–Trinajstić information content (AvgIpc) is 2.30. The summed E-state index contributed by atoms with van der Waals surface area (Å²) < 4.78 is 0. The zero-order chi connectivity index (χ0) is 9.80. The molecule has 75 valence electrons. The Bertz CT molecular complexity index is 267. The van der Waals surface area contributed by atoms with Gasteiger partial charge in [-0.25, -0.2) is 5.32 Å². The van der Waals surface area contributed by atoms with Crippen LogP contribution in [0.2, 0.25) is 0 Å². The van der Waals surface area contributed by atoms with Crippen LogP contribution < -0.4 is 5.32 Å². The standard InChI is InChI=1S/C11H16N3/c1-10(11-4-2-3-5-13-11)14-8-6-12-7-9-14/h2-5,10H,6-9H2,1H3.